The van der Waals surface area contributed by atoms with Crippen molar-refractivity contribution in [3.8, 4) is 0 Å². The highest BCUT2D eigenvalue weighted by Crippen LogP contribution is 2.23. The van der Waals surface area contributed by atoms with Crippen molar-refractivity contribution in [3.63, 3.8) is 0 Å². The summed E-state index contributed by atoms with van der Waals surface area (Å²) in [6, 6.07) is 9.94. The average Bonchev–Trinajstić information content (AvgIpc) is 2.62. The van der Waals surface area contributed by atoms with Crippen LogP contribution in [0.25, 0.3) is 0 Å². The van der Waals surface area contributed by atoms with Gasteiger partial charge in [-0.2, -0.15) is 0 Å². The molecule has 0 aliphatic heterocycles. The van der Waals surface area contributed by atoms with E-state index in [1.807, 2.05) is 51.1 Å². The Morgan fingerprint density at radius 2 is 1.58 bits per heavy atom. The molecule has 26 heavy (non-hydrogen) atoms. The summed E-state index contributed by atoms with van der Waals surface area (Å²) in [6.45, 7) is 5.94. The molecular formula is C22H26N2O2. The van der Waals surface area contributed by atoms with Crippen LogP contribution >= 0.6 is 0 Å². The molecule has 3 rings (SSSR count). The highest BCUT2D eigenvalue weighted by atomic mass is 16.2. The molecule has 1 aliphatic rings. The van der Waals surface area contributed by atoms with Gasteiger partial charge in [-0.15, -0.1) is 0 Å². The maximum absolute atomic E-state index is 12.4. The average molecular weight is 350 g/mol. The van der Waals surface area contributed by atoms with Crippen molar-refractivity contribution in [1.82, 2.24) is 5.32 Å². The summed E-state index contributed by atoms with van der Waals surface area (Å²) in [7, 11) is 0. The van der Waals surface area contributed by atoms with Gasteiger partial charge in [-0.3, -0.25) is 9.59 Å². The molecule has 2 aromatic carbocycles. The Balaban J connectivity index is 1.60. The van der Waals surface area contributed by atoms with Gasteiger partial charge in [0.05, 0.1) is 6.54 Å². The zero-order chi connectivity index (χ0) is 18.7. The van der Waals surface area contributed by atoms with Gasteiger partial charge in [0, 0.05) is 11.3 Å². The van der Waals surface area contributed by atoms with Crippen molar-refractivity contribution >= 4 is 17.5 Å². The highest BCUT2D eigenvalue weighted by molar-refractivity contribution is 6.00. The first-order valence-corrected chi connectivity index (χ1v) is 9.22. The van der Waals surface area contributed by atoms with Crippen LogP contribution in [-0.2, 0) is 17.6 Å². The molecule has 2 amide bonds. The van der Waals surface area contributed by atoms with Crippen molar-refractivity contribution in [1.29, 1.82) is 0 Å². The molecular weight excluding hydrogens is 324 g/mol. The molecule has 0 spiro atoms. The van der Waals surface area contributed by atoms with Crippen LogP contribution in [0.15, 0.2) is 30.3 Å². The van der Waals surface area contributed by atoms with Crippen molar-refractivity contribution in [3.05, 3.63) is 63.7 Å². The van der Waals surface area contributed by atoms with E-state index < -0.39 is 0 Å². The number of aryl methyl sites for hydroxylation is 5. The second kappa shape index (κ2) is 7.73. The smallest absolute Gasteiger partial charge is 0.251 e. The molecule has 0 fully saturated rings. The standard InChI is InChI=1S/C22H26N2O2/c1-14-10-15(2)21(16(3)11-14)24-20(25)13-23-22(26)19-9-8-17-6-4-5-7-18(17)12-19/h8-12H,4-7,13H2,1-3H3,(H,23,26)(H,24,25). The summed E-state index contributed by atoms with van der Waals surface area (Å²) in [5.74, 6) is -0.419. The lowest BCUT2D eigenvalue weighted by Gasteiger charge is -2.16. The fourth-order valence-corrected chi connectivity index (χ4v) is 3.70. The van der Waals surface area contributed by atoms with Crippen LogP contribution in [0.1, 0.15) is 51.0 Å². The summed E-state index contributed by atoms with van der Waals surface area (Å²) >= 11 is 0. The molecule has 136 valence electrons. The number of fused-ring (bicyclic) bond motifs is 1. The third kappa shape index (κ3) is 4.13. The predicted octanol–water partition coefficient (Wildman–Crippen LogP) is 3.86. The minimum absolute atomic E-state index is 0.0390. The van der Waals surface area contributed by atoms with E-state index in [1.54, 1.807) is 0 Å². The molecule has 1 aliphatic carbocycles. The van der Waals surface area contributed by atoms with E-state index in [0.717, 1.165) is 29.7 Å². The summed E-state index contributed by atoms with van der Waals surface area (Å²) < 4.78 is 0. The summed E-state index contributed by atoms with van der Waals surface area (Å²) in [6.07, 6.45) is 4.52. The molecule has 0 saturated carbocycles. The van der Waals surface area contributed by atoms with Crippen LogP contribution in [0, 0.1) is 20.8 Å². The van der Waals surface area contributed by atoms with Crippen LogP contribution in [-0.4, -0.2) is 18.4 Å². The lowest BCUT2D eigenvalue weighted by molar-refractivity contribution is -0.115. The van der Waals surface area contributed by atoms with Gasteiger partial charge in [0.15, 0.2) is 0 Å². The SMILES string of the molecule is Cc1cc(C)c(NC(=O)CNC(=O)c2ccc3c(c2)CCCC3)c(C)c1. The molecule has 4 heteroatoms. The number of anilines is 1. The molecule has 2 N–H and O–H groups in total. The van der Waals surface area contributed by atoms with Crippen LogP contribution in [0.2, 0.25) is 0 Å². The summed E-state index contributed by atoms with van der Waals surface area (Å²) in [5, 5.41) is 5.63. The van der Waals surface area contributed by atoms with E-state index >= 15 is 0 Å². The monoisotopic (exact) mass is 350 g/mol. The first kappa shape index (κ1) is 18.2. The lowest BCUT2D eigenvalue weighted by Crippen LogP contribution is -2.33. The number of amides is 2. The van der Waals surface area contributed by atoms with Crippen LogP contribution < -0.4 is 10.6 Å². The Kier molecular flexibility index (Phi) is 5.40. The van der Waals surface area contributed by atoms with E-state index in [4.69, 9.17) is 0 Å². The van der Waals surface area contributed by atoms with Crippen molar-refractivity contribution in [2.45, 2.75) is 46.5 Å². The molecule has 0 unspecified atom stereocenters. The second-order valence-corrected chi connectivity index (χ2v) is 7.20. The van der Waals surface area contributed by atoms with Crippen molar-refractivity contribution < 1.29 is 9.59 Å². The van der Waals surface area contributed by atoms with Gasteiger partial charge in [-0.25, -0.2) is 0 Å². The maximum atomic E-state index is 12.4. The quantitative estimate of drug-likeness (QED) is 0.880. The van der Waals surface area contributed by atoms with Gasteiger partial charge in [-0.05, 0) is 80.8 Å². The second-order valence-electron chi connectivity index (χ2n) is 7.20. The summed E-state index contributed by atoms with van der Waals surface area (Å²) in [5.41, 5.74) is 7.27. The van der Waals surface area contributed by atoms with Gasteiger partial charge in [0.2, 0.25) is 5.91 Å². The number of rotatable bonds is 4. The third-order valence-corrected chi connectivity index (χ3v) is 4.96. The molecule has 0 atom stereocenters. The molecule has 0 saturated heterocycles. The first-order valence-electron chi connectivity index (χ1n) is 9.22. The van der Waals surface area contributed by atoms with Crippen LogP contribution in [0.3, 0.4) is 0 Å². The van der Waals surface area contributed by atoms with E-state index in [1.165, 1.54) is 29.5 Å². The largest absolute Gasteiger partial charge is 0.343 e. The normalized spacial score (nSPS) is 13.0. The molecule has 4 nitrogen and oxygen atoms in total. The van der Waals surface area contributed by atoms with Gasteiger partial charge < -0.3 is 10.6 Å². The van der Waals surface area contributed by atoms with E-state index in [9.17, 15) is 9.59 Å². The van der Waals surface area contributed by atoms with Gasteiger partial charge >= 0.3 is 0 Å². The van der Waals surface area contributed by atoms with Crippen LogP contribution in [0.5, 0.6) is 0 Å². The fourth-order valence-electron chi connectivity index (χ4n) is 3.70. The topological polar surface area (TPSA) is 58.2 Å². The molecule has 2 aromatic rings. The summed E-state index contributed by atoms with van der Waals surface area (Å²) in [4.78, 5) is 24.6. The Morgan fingerprint density at radius 1 is 0.923 bits per heavy atom. The van der Waals surface area contributed by atoms with Gasteiger partial charge in [0.1, 0.15) is 0 Å². The zero-order valence-electron chi connectivity index (χ0n) is 15.7. The Hall–Kier alpha value is -2.62. The predicted molar refractivity (Wildman–Crippen MR) is 105 cm³/mol. The number of carbonyl (C=O) groups excluding carboxylic acids is 2. The number of benzene rings is 2. The number of hydrogen-bond acceptors (Lipinski definition) is 2. The Bertz CT molecular complexity index is 832. The molecule has 0 bridgehead atoms. The minimum atomic E-state index is -0.216. The fraction of sp³-hybridized carbons (Fsp3) is 0.364. The maximum Gasteiger partial charge on any atom is 0.251 e. The van der Waals surface area contributed by atoms with E-state index in [-0.39, 0.29) is 18.4 Å². The number of nitrogens with one attached hydrogen (secondary N) is 2. The first-order chi connectivity index (χ1) is 12.4. The Morgan fingerprint density at radius 3 is 2.27 bits per heavy atom. The molecule has 0 aromatic heterocycles. The number of hydrogen-bond donors (Lipinski definition) is 2. The van der Waals surface area contributed by atoms with E-state index in [0.29, 0.717) is 5.56 Å². The van der Waals surface area contributed by atoms with Gasteiger partial charge in [0.25, 0.3) is 5.91 Å². The third-order valence-electron chi connectivity index (χ3n) is 4.96. The van der Waals surface area contributed by atoms with Crippen LogP contribution in [0.4, 0.5) is 5.69 Å². The highest BCUT2D eigenvalue weighted by Gasteiger charge is 2.14. The minimum Gasteiger partial charge on any atom is -0.343 e. The van der Waals surface area contributed by atoms with E-state index in [2.05, 4.69) is 10.6 Å². The van der Waals surface area contributed by atoms with Gasteiger partial charge in [-0.1, -0.05) is 23.8 Å². The van der Waals surface area contributed by atoms with Crippen molar-refractivity contribution in [2.75, 3.05) is 11.9 Å². The Labute approximate surface area is 155 Å². The lowest BCUT2D eigenvalue weighted by atomic mass is 9.90. The molecule has 0 radical (unpaired) electrons. The molecule has 0 heterocycles. The number of carbonyl (C=O) groups is 2. The van der Waals surface area contributed by atoms with Crippen molar-refractivity contribution in [2.24, 2.45) is 0 Å². The zero-order valence-corrected chi connectivity index (χ0v) is 15.7.